The van der Waals surface area contributed by atoms with E-state index in [2.05, 4.69) is 11.8 Å². The fourth-order valence-corrected chi connectivity index (χ4v) is 1.91. The number of nitrogens with zero attached hydrogens (tertiary/aromatic N) is 1. The molecule has 1 nitrogen and oxygen atoms in total. The summed E-state index contributed by atoms with van der Waals surface area (Å²) in [6, 6.07) is 3.94. The van der Waals surface area contributed by atoms with Gasteiger partial charge < -0.3 is 4.90 Å². The number of benzene rings is 1. The molecule has 1 aromatic carbocycles. The molecule has 0 aliphatic heterocycles. The molecule has 96 valence electrons. The Hall–Kier alpha value is -1.19. The fourth-order valence-electron chi connectivity index (χ4n) is 1.91. The molecule has 0 aliphatic carbocycles. The molecule has 0 N–H and O–H groups in total. The Morgan fingerprint density at radius 3 is 2.24 bits per heavy atom. The van der Waals surface area contributed by atoms with E-state index in [9.17, 15) is 13.2 Å². The number of hydrogen-bond acceptors (Lipinski definition) is 1. The predicted octanol–water partition coefficient (Wildman–Crippen LogP) is 4.25. The number of hydrogen-bond donors (Lipinski definition) is 0. The lowest BCUT2D eigenvalue weighted by molar-refractivity contribution is -0.137. The number of rotatable bonds is 4. The highest BCUT2D eigenvalue weighted by atomic mass is 19.4. The zero-order chi connectivity index (χ0) is 13.1. The molecular formula is C13H18F3N. The van der Waals surface area contributed by atoms with E-state index in [1.54, 1.807) is 13.0 Å². The molecule has 0 amide bonds. The van der Waals surface area contributed by atoms with Crippen LogP contribution >= 0.6 is 0 Å². The molecule has 0 unspecified atom stereocenters. The molecule has 17 heavy (non-hydrogen) atoms. The zero-order valence-electron chi connectivity index (χ0n) is 10.4. The first-order valence-electron chi connectivity index (χ1n) is 5.83. The highest BCUT2D eigenvalue weighted by Crippen LogP contribution is 2.32. The summed E-state index contributed by atoms with van der Waals surface area (Å²) in [5, 5.41) is 0. The molecule has 4 heteroatoms. The summed E-state index contributed by atoms with van der Waals surface area (Å²) in [6.45, 7) is 7.46. The molecule has 0 saturated carbocycles. The van der Waals surface area contributed by atoms with Crippen LogP contribution in [0.15, 0.2) is 18.2 Å². The number of anilines is 1. The van der Waals surface area contributed by atoms with Gasteiger partial charge in [0.25, 0.3) is 0 Å². The van der Waals surface area contributed by atoms with E-state index >= 15 is 0 Å². The molecule has 0 radical (unpaired) electrons. The second-order valence-corrected chi connectivity index (χ2v) is 4.08. The van der Waals surface area contributed by atoms with Crippen LogP contribution in [0.2, 0.25) is 0 Å². The van der Waals surface area contributed by atoms with Crippen molar-refractivity contribution in [2.24, 2.45) is 0 Å². The van der Waals surface area contributed by atoms with E-state index in [0.29, 0.717) is 5.56 Å². The van der Waals surface area contributed by atoms with E-state index in [1.807, 2.05) is 6.92 Å². The highest BCUT2D eigenvalue weighted by Gasteiger charge is 2.30. The summed E-state index contributed by atoms with van der Waals surface area (Å²) in [7, 11) is 0. The van der Waals surface area contributed by atoms with Crippen molar-refractivity contribution in [1.82, 2.24) is 0 Å². The number of halogens is 3. The minimum atomic E-state index is -4.26. The minimum absolute atomic E-state index is 0.577. The third kappa shape index (κ3) is 3.38. The Morgan fingerprint density at radius 2 is 1.82 bits per heavy atom. The Morgan fingerprint density at radius 1 is 1.18 bits per heavy atom. The van der Waals surface area contributed by atoms with Crippen molar-refractivity contribution in [2.45, 2.75) is 33.4 Å². The van der Waals surface area contributed by atoms with E-state index in [4.69, 9.17) is 0 Å². The molecular weight excluding hydrogens is 227 g/mol. The largest absolute Gasteiger partial charge is 0.416 e. The summed E-state index contributed by atoms with van der Waals surface area (Å²) < 4.78 is 37.6. The van der Waals surface area contributed by atoms with Crippen LogP contribution in [0.3, 0.4) is 0 Å². The molecule has 0 aromatic heterocycles. The van der Waals surface area contributed by atoms with Gasteiger partial charge >= 0.3 is 6.18 Å². The normalized spacial score (nSPS) is 11.6. The first kappa shape index (κ1) is 13.9. The van der Waals surface area contributed by atoms with Crippen molar-refractivity contribution >= 4 is 5.69 Å². The average molecular weight is 245 g/mol. The smallest absolute Gasteiger partial charge is 0.372 e. The van der Waals surface area contributed by atoms with Gasteiger partial charge in [0.1, 0.15) is 0 Å². The summed E-state index contributed by atoms with van der Waals surface area (Å²) in [4.78, 5) is 2.09. The van der Waals surface area contributed by atoms with Gasteiger partial charge in [-0.3, -0.25) is 0 Å². The van der Waals surface area contributed by atoms with Gasteiger partial charge in [-0.1, -0.05) is 6.92 Å². The van der Waals surface area contributed by atoms with Crippen LogP contribution in [0, 0.1) is 6.92 Å². The van der Waals surface area contributed by atoms with E-state index in [-0.39, 0.29) is 0 Å². The molecule has 0 spiro atoms. The molecule has 1 rings (SSSR count). The first-order valence-corrected chi connectivity index (χ1v) is 5.83. The molecule has 0 fully saturated rings. The Bertz CT molecular complexity index is 371. The maximum Gasteiger partial charge on any atom is 0.416 e. The van der Waals surface area contributed by atoms with Crippen molar-refractivity contribution in [3.8, 4) is 0 Å². The molecule has 0 saturated heterocycles. The van der Waals surface area contributed by atoms with Crippen molar-refractivity contribution in [2.75, 3.05) is 18.0 Å². The average Bonchev–Trinajstić information content (AvgIpc) is 2.25. The lowest BCUT2D eigenvalue weighted by atomic mass is 10.1. The van der Waals surface area contributed by atoms with Crippen LogP contribution in [0.1, 0.15) is 31.4 Å². The van der Waals surface area contributed by atoms with Crippen molar-refractivity contribution < 1.29 is 13.2 Å². The van der Waals surface area contributed by atoms with Crippen LogP contribution in [0.5, 0.6) is 0 Å². The van der Waals surface area contributed by atoms with Gasteiger partial charge in [0.2, 0.25) is 0 Å². The van der Waals surface area contributed by atoms with Gasteiger partial charge in [0.15, 0.2) is 0 Å². The van der Waals surface area contributed by atoms with E-state index < -0.39 is 11.7 Å². The summed E-state index contributed by atoms with van der Waals surface area (Å²) in [6.07, 6.45) is -3.28. The quantitative estimate of drug-likeness (QED) is 0.766. The predicted molar refractivity (Wildman–Crippen MR) is 64.4 cm³/mol. The standard InChI is InChI=1S/C13H18F3N/c1-4-8-17(5-2)12-7-6-11(9-10(12)3)13(14,15)16/h6-7,9H,4-5,8H2,1-3H3. The SMILES string of the molecule is CCCN(CC)c1ccc(C(F)(F)F)cc1C. The maximum atomic E-state index is 12.5. The Balaban J connectivity index is 3.04. The summed E-state index contributed by atoms with van der Waals surface area (Å²) in [5.41, 5.74) is 0.990. The molecule has 1 aromatic rings. The van der Waals surface area contributed by atoms with Crippen LogP contribution in [-0.4, -0.2) is 13.1 Å². The van der Waals surface area contributed by atoms with Crippen LogP contribution in [0.4, 0.5) is 18.9 Å². The topological polar surface area (TPSA) is 3.24 Å². The molecule has 0 heterocycles. The second-order valence-electron chi connectivity index (χ2n) is 4.08. The molecule has 0 bridgehead atoms. The van der Waals surface area contributed by atoms with Crippen LogP contribution in [0.25, 0.3) is 0 Å². The lowest BCUT2D eigenvalue weighted by Crippen LogP contribution is -2.24. The van der Waals surface area contributed by atoms with Gasteiger partial charge in [-0.15, -0.1) is 0 Å². The van der Waals surface area contributed by atoms with Crippen molar-refractivity contribution in [3.05, 3.63) is 29.3 Å². The fraction of sp³-hybridized carbons (Fsp3) is 0.538. The molecule has 0 aliphatic rings. The van der Waals surface area contributed by atoms with Crippen LogP contribution < -0.4 is 4.90 Å². The maximum absolute atomic E-state index is 12.5. The third-order valence-electron chi connectivity index (χ3n) is 2.74. The van der Waals surface area contributed by atoms with Crippen molar-refractivity contribution in [1.29, 1.82) is 0 Å². The third-order valence-corrected chi connectivity index (χ3v) is 2.74. The summed E-state index contributed by atoms with van der Waals surface area (Å²) >= 11 is 0. The van der Waals surface area contributed by atoms with Gasteiger partial charge in [0.05, 0.1) is 5.56 Å². The van der Waals surface area contributed by atoms with Gasteiger partial charge in [0, 0.05) is 18.8 Å². The summed E-state index contributed by atoms with van der Waals surface area (Å²) in [5.74, 6) is 0. The minimum Gasteiger partial charge on any atom is -0.372 e. The monoisotopic (exact) mass is 245 g/mol. The Labute approximate surface area is 100 Å². The molecule has 0 atom stereocenters. The Kier molecular flexibility index (Phi) is 4.43. The van der Waals surface area contributed by atoms with Gasteiger partial charge in [-0.2, -0.15) is 13.2 Å². The first-order chi connectivity index (χ1) is 7.90. The van der Waals surface area contributed by atoms with Crippen molar-refractivity contribution in [3.63, 3.8) is 0 Å². The number of aryl methyl sites for hydroxylation is 1. The highest BCUT2D eigenvalue weighted by molar-refractivity contribution is 5.54. The van der Waals surface area contributed by atoms with Gasteiger partial charge in [-0.05, 0) is 44.0 Å². The lowest BCUT2D eigenvalue weighted by Gasteiger charge is -2.25. The van der Waals surface area contributed by atoms with E-state index in [0.717, 1.165) is 31.3 Å². The van der Waals surface area contributed by atoms with E-state index in [1.165, 1.54) is 6.07 Å². The number of alkyl halides is 3. The van der Waals surface area contributed by atoms with Gasteiger partial charge in [-0.25, -0.2) is 0 Å². The zero-order valence-corrected chi connectivity index (χ0v) is 10.4. The van der Waals surface area contributed by atoms with Crippen LogP contribution in [-0.2, 0) is 6.18 Å². The second kappa shape index (κ2) is 5.43.